The molecule has 0 spiro atoms. The molecule has 5 rings (SSSR count). The standard InChI is InChI=1S/C23H34N8O4S/c32-36(33,20-4-2-1-3-5-20)31-10-8-29(9-11-31)22-25-21(24-6-7-28-12-16-34-17-13-28)26-23(27-22)30-14-18-35-19-15-30/h1-5H,6-19H2,(H,24,25,26,27). The molecule has 0 atom stereocenters. The van der Waals surface area contributed by atoms with Crippen LogP contribution in [0.2, 0.25) is 0 Å². The molecule has 0 amide bonds. The van der Waals surface area contributed by atoms with E-state index in [9.17, 15) is 8.42 Å². The van der Waals surface area contributed by atoms with Gasteiger partial charge in [0.25, 0.3) is 0 Å². The van der Waals surface area contributed by atoms with Crippen LogP contribution < -0.4 is 15.1 Å². The zero-order valence-electron chi connectivity index (χ0n) is 20.5. The van der Waals surface area contributed by atoms with Gasteiger partial charge in [-0.15, -0.1) is 0 Å². The van der Waals surface area contributed by atoms with Crippen LogP contribution in [0.5, 0.6) is 0 Å². The van der Waals surface area contributed by atoms with Crippen LogP contribution in [-0.2, 0) is 19.5 Å². The van der Waals surface area contributed by atoms with Gasteiger partial charge in [-0.3, -0.25) is 4.90 Å². The number of anilines is 3. The molecule has 3 aliphatic heterocycles. The summed E-state index contributed by atoms with van der Waals surface area (Å²) in [4.78, 5) is 21.0. The van der Waals surface area contributed by atoms with E-state index in [1.807, 2.05) is 11.0 Å². The van der Waals surface area contributed by atoms with E-state index in [0.29, 0.717) is 62.1 Å². The molecule has 12 nitrogen and oxygen atoms in total. The summed E-state index contributed by atoms with van der Waals surface area (Å²) in [6.07, 6.45) is 0. The molecule has 3 fully saturated rings. The maximum atomic E-state index is 13.0. The van der Waals surface area contributed by atoms with Gasteiger partial charge in [0, 0.05) is 65.4 Å². The summed E-state index contributed by atoms with van der Waals surface area (Å²) >= 11 is 0. The van der Waals surface area contributed by atoms with Crippen LogP contribution in [0.1, 0.15) is 0 Å². The van der Waals surface area contributed by atoms with Crippen molar-refractivity contribution in [3.8, 4) is 0 Å². The van der Waals surface area contributed by atoms with Crippen LogP contribution in [0.25, 0.3) is 0 Å². The Morgan fingerprint density at radius 2 is 1.33 bits per heavy atom. The van der Waals surface area contributed by atoms with Gasteiger partial charge >= 0.3 is 0 Å². The molecule has 3 saturated heterocycles. The van der Waals surface area contributed by atoms with Gasteiger partial charge in [0.05, 0.1) is 31.3 Å². The molecular weight excluding hydrogens is 484 g/mol. The van der Waals surface area contributed by atoms with E-state index < -0.39 is 10.0 Å². The quantitative estimate of drug-likeness (QED) is 0.508. The average Bonchev–Trinajstić information content (AvgIpc) is 2.94. The average molecular weight is 519 g/mol. The molecule has 0 bridgehead atoms. The Bertz CT molecular complexity index is 1090. The Balaban J connectivity index is 1.27. The van der Waals surface area contributed by atoms with E-state index in [2.05, 4.69) is 20.1 Å². The summed E-state index contributed by atoms with van der Waals surface area (Å²) in [7, 11) is -3.52. The lowest BCUT2D eigenvalue weighted by Gasteiger charge is -2.34. The first kappa shape index (κ1) is 25.1. The Morgan fingerprint density at radius 1 is 0.750 bits per heavy atom. The normalized spacial score (nSPS) is 20.4. The maximum absolute atomic E-state index is 13.0. The number of morpholine rings is 2. The van der Waals surface area contributed by atoms with Crippen LogP contribution in [-0.4, -0.2) is 124 Å². The van der Waals surface area contributed by atoms with Crippen LogP contribution >= 0.6 is 0 Å². The largest absolute Gasteiger partial charge is 0.379 e. The molecule has 3 aliphatic rings. The maximum Gasteiger partial charge on any atom is 0.243 e. The van der Waals surface area contributed by atoms with Gasteiger partial charge in [-0.05, 0) is 12.1 Å². The van der Waals surface area contributed by atoms with Gasteiger partial charge in [-0.1, -0.05) is 18.2 Å². The fourth-order valence-corrected chi connectivity index (χ4v) is 5.94. The van der Waals surface area contributed by atoms with Crippen molar-refractivity contribution < 1.29 is 17.9 Å². The minimum atomic E-state index is -3.52. The lowest BCUT2D eigenvalue weighted by atomic mass is 10.4. The highest BCUT2D eigenvalue weighted by molar-refractivity contribution is 7.89. The minimum Gasteiger partial charge on any atom is -0.379 e. The fraction of sp³-hybridized carbons (Fsp3) is 0.609. The van der Waals surface area contributed by atoms with Gasteiger partial charge < -0.3 is 24.6 Å². The minimum absolute atomic E-state index is 0.319. The molecule has 0 radical (unpaired) electrons. The first-order valence-corrected chi connectivity index (χ1v) is 14.0. The van der Waals surface area contributed by atoms with E-state index in [1.54, 1.807) is 24.3 Å². The molecular formula is C23H34N8O4S. The van der Waals surface area contributed by atoms with E-state index in [-0.39, 0.29) is 0 Å². The van der Waals surface area contributed by atoms with Gasteiger partial charge in [-0.2, -0.15) is 19.3 Å². The predicted molar refractivity (Wildman–Crippen MR) is 136 cm³/mol. The molecule has 1 aromatic heterocycles. The molecule has 4 heterocycles. The van der Waals surface area contributed by atoms with Gasteiger partial charge in [0.15, 0.2) is 0 Å². The Morgan fingerprint density at radius 3 is 1.97 bits per heavy atom. The molecule has 1 N–H and O–H groups in total. The van der Waals surface area contributed by atoms with Gasteiger partial charge in [-0.25, -0.2) is 8.42 Å². The van der Waals surface area contributed by atoms with Crippen LogP contribution in [0.3, 0.4) is 0 Å². The number of rotatable bonds is 8. The van der Waals surface area contributed by atoms with Crippen LogP contribution in [0.15, 0.2) is 35.2 Å². The Hall–Kier alpha value is -2.58. The van der Waals surface area contributed by atoms with Crippen molar-refractivity contribution in [2.75, 3.05) is 107 Å². The second kappa shape index (κ2) is 11.6. The highest BCUT2D eigenvalue weighted by Gasteiger charge is 2.30. The number of aromatic nitrogens is 3. The number of nitrogens with zero attached hydrogens (tertiary/aromatic N) is 7. The summed E-state index contributed by atoms with van der Waals surface area (Å²) in [6.45, 7) is 9.46. The van der Waals surface area contributed by atoms with Crippen molar-refractivity contribution in [1.82, 2.24) is 24.2 Å². The van der Waals surface area contributed by atoms with Crippen molar-refractivity contribution in [3.05, 3.63) is 30.3 Å². The molecule has 0 saturated carbocycles. The first-order chi connectivity index (χ1) is 17.6. The molecule has 13 heteroatoms. The van der Waals surface area contributed by atoms with Crippen molar-refractivity contribution in [1.29, 1.82) is 0 Å². The summed E-state index contributed by atoms with van der Waals surface area (Å²) in [5.74, 6) is 1.72. The highest BCUT2D eigenvalue weighted by Crippen LogP contribution is 2.22. The third-order valence-electron chi connectivity index (χ3n) is 6.62. The molecule has 0 aliphatic carbocycles. The number of hydrogen-bond acceptors (Lipinski definition) is 11. The third-order valence-corrected chi connectivity index (χ3v) is 8.54. The SMILES string of the molecule is O=S(=O)(c1ccccc1)N1CCN(c2nc(NCCN3CCOCC3)nc(N3CCOCC3)n2)CC1. The molecule has 2 aromatic rings. The zero-order valence-corrected chi connectivity index (χ0v) is 21.3. The van der Waals surface area contributed by atoms with Crippen molar-refractivity contribution in [2.45, 2.75) is 4.90 Å². The second-order valence-electron chi connectivity index (χ2n) is 8.94. The number of benzene rings is 1. The topological polar surface area (TPSA) is 116 Å². The van der Waals surface area contributed by atoms with E-state index >= 15 is 0 Å². The molecule has 1 aromatic carbocycles. The monoisotopic (exact) mass is 518 g/mol. The molecule has 0 unspecified atom stereocenters. The number of hydrogen-bond donors (Lipinski definition) is 1. The number of nitrogens with one attached hydrogen (secondary N) is 1. The zero-order chi connectivity index (χ0) is 24.8. The van der Waals surface area contributed by atoms with Crippen LogP contribution in [0.4, 0.5) is 17.8 Å². The number of piperazine rings is 1. The van der Waals surface area contributed by atoms with Crippen LogP contribution in [0, 0.1) is 0 Å². The molecule has 196 valence electrons. The third kappa shape index (κ3) is 6.03. The van der Waals surface area contributed by atoms with Gasteiger partial charge in [0.2, 0.25) is 27.9 Å². The molecule has 36 heavy (non-hydrogen) atoms. The predicted octanol–water partition coefficient (Wildman–Crippen LogP) is -0.0368. The summed E-state index contributed by atoms with van der Waals surface area (Å²) < 4.78 is 38.5. The Kier molecular flexibility index (Phi) is 8.12. The van der Waals surface area contributed by atoms with E-state index in [0.717, 1.165) is 52.5 Å². The summed E-state index contributed by atoms with van der Waals surface area (Å²) in [5, 5.41) is 3.37. The van der Waals surface area contributed by atoms with E-state index in [1.165, 1.54) is 4.31 Å². The Labute approximate surface area is 212 Å². The number of sulfonamides is 1. The lowest BCUT2D eigenvalue weighted by Crippen LogP contribution is -2.49. The first-order valence-electron chi connectivity index (χ1n) is 12.5. The number of ether oxygens (including phenoxy) is 2. The van der Waals surface area contributed by atoms with Gasteiger partial charge in [0.1, 0.15) is 0 Å². The summed E-state index contributed by atoms with van der Waals surface area (Å²) in [5.41, 5.74) is 0. The fourth-order valence-electron chi connectivity index (χ4n) is 4.50. The van der Waals surface area contributed by atoms with E-state index in [4.69, 9.17) is 19.4 Å². The highest BCUT2D eigenvalue weighted by atomic mass is 32.2. The smallest absolute Gasteiger partial charge is 0.243 e. The van der Waals surface area contributed by atoms with Crippen molar-refractivity contribution in [2.24, 2.45) is 0 Å². The van der Waals surface area contributed by atoms with Crippen molar-refractivity contribution >= 4 is 27.9 Å². The summed E-state index contributed by atoms with van der Waals surface area (Å²) in [6, 6.07) is 8.58. The lowest BCUT2D eigenvalue weighted by molar-refractivity contribution is 0.0398. The second-order valence-corrected chi connectivity index (χ2v) is 10.9. The van der Waals surface area contributed by atoms with Crippen molar-refractivity contribution in [3.63, 3.8) is 0 Å².